The lowest BCUT2D eigenvalue weighted by Crippen LogP contribution is -2.95. The second kappa shape index (κ2) is 6.95. The lowest BCUT2D eigenvalue weighted by Gasteiger charge is -2.17. The zero-order valence-corrected chi connectivity index (χ0v) is 15.0. The van der Waals surface area contributed by atoms with E-state index in [-0.39, 0.29) is 28.6 Å². The molecule has 0 unspecified atom stereocenters. The lowest BCUT2D eigenvalue weighted by molar-refractivity contribution is -0.707. The lowest BCUT2D eigenvalue weighted by atomic mass is 10.1. The third-order valence-electron chi connectivity index (χ3n) is 2.89. The summed E-state index contributed by atoms with van der Waals surface area (Å²) >= 11 is 6.03. The van der Waals surface area contributed by atoms with Crippen molar-refractivity contribution in [2.24, 2.45) is 0 Å². The van der Waals surface area contributed by atoms with Crippen LogP contribution in [-0.4, -0.2) is 44.8 Å². The summed E-state index contributed by atoms with van der Waals surface area (Å²) in [5.74, 6) is -0.240. The normalized spacial score (nSPS) is 12.5. The quantitative estimate of drug-likeness (QED) is 0.829. The van der Waals surface area contributed by atoms with Crippen LogP contribution >= 0.6 is 11.6 Å². The van der Waals surface area contributed by atoms with E-state index in [0.29, 0.717) is 5.02 Å². The predicted octanol–water partition coefficient (Wildman–Crippen LogP) is 0.891. The molecule has 3 N–H and O–H groups in total. The number of nitrogens with two attached hydrogens (primary N) is 1. The van der Waals surface area contributed by atoms with E-state index >= 15 is 0 Å². The SMILES string of the molecule is CN(C)S(=O)(=O)c1ccc(Cl)c(NC(=O)C[NH2+]C(C)(C)C)c1. The largest absolute Gasteiger partial charge is 0.334 e. The van der Waals surface area contributed by atoms with Crippen LogP contribution in [0, 0.1) is 0 Å². The first-order chi connectivity index (χ1) is 9.93. The van der Waals surface area contributed by atoms with E-state index in [4.69, 9.17) is 11.6 Å². The molecule has 0 aliphatic carbocycles. The Morgan fingerprint density at radius 2 is 1.91 bits per heavy atom. The van der Waals surface area contributed by atoms with Gasteiger partial charge < -0.3 is 10.6 Å². The van der Waals surface area contributed by atoms with Gasteiger partial charge in [0, 0.05) is 14.1 Å². The molecule has 0 heterocycles. The minimum atomic E-state index is -3.57. The van der Waals surface area contributed by atoms with Crippen molar-refractivity contribution in [2.75, 3.05) is 26.0 Å². The van der Waals surface area contributed by atoms with Gasteiger partial charge in [-0.1, -0.05) is 11.6 Å². The fourth-order valence-electron chi connectivity index (χ4n) is 1.57. The average Bonchev–Trinajstić information content (AvgIpc) is 2.37. The van der Waals surface area contributed by atoms with Crippen molar-refractivity contribution in [3.63, 3.8) is 0 Å². The van der Waals surface area contributed by atoms with Crippen molar-refractivity contribution in [3.8, 4) is 0 Å². The molecule has 0 aliphatic heterocycles. The van der Waals surface area contributed by atoms with Gasteiger partial charge in [-0.05, 0) is 39.0 Å². The summed E-state index contributed by atoms with van der Waals surface area (Å²) in [6, 6.07) is 4.24. The third kappa shape index (κ3) is 5.24. The molecule has 1 aromatic rings. The van der Waals surface area contributed by atoms with Crippen LogP contribution in [0.2, 0.25) is 5.02 Å². The monoisotopic (exact) mass is 348 g/mol. The van der Waals surface area contributed by atoms with Gasteiger partial charge in [-0.2, -0.15) is 0 Å². The number of benzene rings is 1. The number of amides is 1. The first-order valence-corrected chi connectivity index (χ1v) is 8.61. The maximum atomic E-state index is 12.1. The Bertz CT molecular complexity index is 652. The van der Waals surface area contributed by atoms with Crippen LogP contribution < -0.4 is 10.6 Å². The maximum Gasteiger partial charge on any atom is 0.279 e. The summed E-state index contributed by atoms with van der Waals surface area (Å²) in [4.78, 5) is 12.0. The van der Waals surface area contributed by atoms with E-state index in [1.807, 2.05) is 26.1 Å². The molecular formula is C14H23ClN3O3S+. The first kappa shape index (κ1) is 18.9. The number of rotatable bonds is 5. The highest BCUT2D eigenvalue weighted by atomic mass is 35.5. The highest BCUT2D eigenvalue weighted by Crippen LogP contribution is 2.26. The van der Waals surface area contributed by atoms with E-state index in [1.165, 1.54) is 32.3 Å². The molecule has 0 atom stereocenters. The van der Waals surface area contributed by atoms with Crippen molar-refractivity contribution in [3.05, 3.63) is 23.2 Å². The number of carbonyl (C=O) groups excluding carboxylic acids is 1. The number of sulfonamides is 1. The van der Waals surface area contributed by atoms with Crippen molar-refractivity contribution >= 4 is 33.2 Å². The highest BCUT2D eigenvalue weighted by molar-refractivity contribution is 7.89. The fraction of sp³-hybridized carbons (Fsp3) is 0.500. The van der Waals surface area contributed by atoms with E-state index in [9.17, 15) is 13.2 Å². The smallest absolute Gasteiger partial charge is 0.279 e. The molecular weight excluding hydrogens is 326 g/mol. The van der Waals surface area contributed by atoms with E-state index in [1.54, 1.807) is 0 Å². The third-order valence-corrected chi connectivity index (χ3v) is 5.03. The summed E-state index contributed by atoms with van der Waals surface area (Å²) in [5, 5.41) is 4.83. The van der Waals surface area contributed by atoms with Crippen molar-refractivity contribution in [2.45, 2.75) is 31.2 Å². The topological polar surface area (TPSA) is 83.1 Å². The number of hydrogen-bond donors (Lipinski definition) is 2. The summed E-state index contributed by atoms with van der Waals surface area (Å²) in [7, 11) is -0.682. The zero-order chi connectivity index (χ0) is 17.1. The van der Waals surface area contributed by atoms with Crippen LogP contribution in [0.15, 0.2) is 23.1 Å². The van der Waals surface area contributed by atoms with Gasteiger partial charge in [-0.15, -0.1) is 0 Å². The van der Waals surface area contributed by atoms with Gasteiger partial charge in [0.1, 0.15) is 0 Å². The van der Waals surface area contributed by atoms with Gasteiger partial charge in [0.15, 0.2) is 6.54 Å². The number of halogens is 1. The summed E-state index contributed by atoms with van der Waals surface area (Å²) < 4.78 is 25.3. The molecule has 1 rings (SSSR count). The molecule has 0 fully saturated rings. The molecule has 0 aliphatic rings. The van der Waals surface area contributed by atoms with E-state index in [2.05, 4.69) is 5.32 Å². The first-order valence-electron chi connectivity index (χ1n) is 6.80. The molecule has 22 heavy (non-hydrogen) atoms. The highest BCUT2D eigenvalue weighted by Gasteiger charge is 2.20. The number of nitrogens with one attached hydrogen (secondary N) is 1. The van der Waals surface area contributed by atoms with Crippen molar-refractivity contribution < 1.29 is 18.5 Å². The molecule has 0 bridgehead atoms. The number of anilines is 1. The van der Waals surface area contributed by atoms with Crippen LogP contribution in [-0.2, 0) is 14.8 Å². The molecule has 124 valence electrons. The van der Waals surface area contributed by atoms with Crippen LogP contribution in [0.1, 0.15) is 20.8 Å². The van der Waals surface area contributed by atoms with Crippen molar-refractivity contribution in [1.29, 1.82) is 0 Å². The fourth-order valence-corrected chi connectivity index (χ4v) is 2.66. The summed E-state index contributed by atoms with van der Waals surface area (Å²) in [5.41, 5.74) is 0.217. The minimum Gasteiger partial charge on any atom is -0.334 e. The Kier molecular flexibility index (Phi) is 5.97. The number of quaternary nitrogens is 1. The Balaban J connectivity index is 2.95. The average molecular weight is 349 g/mol. The maximum absolute atomic E-state index is 12.1. The van der Waals surface area contributed by atoms with Gasteiger partial charge in [-0.3, -0.25) is 4.79 Å². The molecule has 0 saturated carbocycles. The molecule has 8 heteroatoms. The van der Waals surface area contributed by atoms with Gasteiger partial charge >= 0.3 is 0 Å². The Morgan fingerprint density at radius 3 is 2.41 bits per heavy atom. The number of nitrogens with zero attached hydrogens (tertiary/aromatic N) is 1. The minimum absolute atomic E-state index is 0.0722. The van der Waals surface area contributed by atoms with Gasteiger partial charge in [0.25, 0.3) is 5.91 Å². The number of hydrogen-bond acceptors (Lipinski definition) is 3. The Hall–Kier alpha value is -1.15. The molecule has 0 aromatic heterocycles. The molecule has 0 spiro atoms. The zero-order valence-electron chi connectivity index (χ0n) is 13.5. The van der Waals surface area contributed by atoms with Crippen LogP contribution in [0.5, 0.6) is 0 Å². The number of carbonyl (C=O) groups is 1. The van der Waals surface area contributed by atoms with Gasteiger partial charge in [-0.25, -0.2) is 12.7 Å². The van der Waals surface area contributed by atoms with Gasteiger partial charge in [0.05, 0.1) is 21.1 Å². The van der Waals surface area contributed by atoms with E-state index in [0.717, 1.165) is 4.31 Å². The standard InChI is InChI=1S/C14H22ClN3O3S/c1-14(2,3)16-9-13(19)17-12-8-10(6-7-11(12)15)22(20,21)18(4)5/h6-8,16H,9H2,1-5H3,(H,17,19)/p+1. The molecule has 0 saturated heterocycles. The van der Waals surface area contributed by atoms with Crippen LogP contribution in [0.3, 0.4) is 0 Å². The summed E-state index contributed by atoms with van der Waals surface area (Å²) in [6.07, 6.45) is 0. The Labute approximate surface area is 136 Å². The van der Waals surface area contributed by atoms with Gasteiger partial charge in [0.2, 0.25) is 10.0 Å². The van der Waals surface area contributed by atoms with E-state index < -0.39 is 10.0 Å². The summed E-state index contributed by atoms with van der Waals surface area (Å²) in [6.45, 7) is 6.22. The molecule has 1 aromatic carbocycles. The van der Waals surface area contributed by atoms with Crippen LogP contribution in [0.4, 0.5) is 5.69 Å². The second-order valence-corrected chi connectivity index (χ2v) is 8.81. The molecule has 0 radical (unpaired) electrons. The molecule has 1 amide bonds. The predicted molar refractivity (Wildman–Crippen MR) is 87.5 cm³/mol. The Morgan fingerprint density at radius 1 is 1.32 bits per heavy atom. The van der Waals surface area contributed by atoms with Crippen molar-refractivity contribution in [1.82, 2.24) is 4.31 Å². The van der Waals surface area contributed by atoms with Crippen LogP contribution in [0.25, 0.3) is 0 Å². The molecule has 6 nitrogen and oxygen atoms in total. The second-order valence-electron chi connectivity index (χ2n) is 6.25.